The van der Waals surface area contributed by atoms with Gasteiger partial charge in [0.2, 0.25) is 5.91 Å². The van der Waals surface area contributed by atoms with Gasteiger partial charge in [-0.05, 0) is 49.3 Å². The highest BCUT2D eigenvalue weighted by atomic mass is 16.2. The zero-order valence-corrected chi connectivity index (χ0v) is 15.6. The summed E-state index contributed by atoms with van der Waals surface area (Å²) >= 11 is 0. The van der Waals surface area contributed by atoms with Crippen LogP contribution in [0, 0.1) is 17.8 Å². The second kappa shape index (κ2) is 5.50. The number of piperidine rings is 1. The molecule has 4 nitrogen and oxygen atoms in total. The van der Waals surface area contributed by atoms with Crippen LogP contribution in [0.3, 0.4) is 0 Å². The number of fused-ring (bicyclic) bond motifs is 3. The molecule has 0 unspecified atom stereocenters. The zero-order valence-electron chi connectivity index (χ0n) is 15.6. The first-order valence-electron chi connectivity index (χ1n) is 10.1. The van der Waals surface area contributed by atoms with Crippen LogP contribution < -0.4 is 10.6 Å². The van der Waals surface area contributed by atoms with Gasteiger partial charge < -0.3 is 9.88 Å². The predicted molar refractivity (Wildman–Crippen MR) is 102 cm³/mol. The van der Waals surface area contributed by atoms with Crippen molar-refractivity contribution in [2.45, 2.75) is 57.5 Å². The average molecular weight is 349 g/mol. The van der Waals surface area contributed by atoms with E-state index in [1.165, 1.54) is 28.2 Å². The molecule has 0 bridgehead atoms. The van der Waals surface area contributed by atoms with Gasteiger partial charge >= 0.3 is 0 Å². The summed E-state index contributed by atoms with van der Waals surface area (Å²) in [4.78, 5) is 21.6. The number of likely N-dealkylation sites (tertiary alicyclic amines) is 1. The maximum absolute atomic E-state index is 13.2. The number of carbonyl (C=O) groups is 1. The minimum Gasteiger partial charge on any atom is -0.355 e. The number of hydrogen-bond donors (Lipinski definition) is 1. The molecule has 2 fully saturated rings. The highest BCUT2D eigenvalue weighted by Crippen LogP contribution is 2.61. The van der Waals surface area contributed by atoms with Crippen LogP contribution in [0.1, 0.15) is 56.7 Å². The molecule has 3 aliphatic heterocycles. The summed E-state index contributed by atoms with van der Waals surface area (Å²) in [5, 5.41) is 2.64. The van der Waals surface area contributed by atoms with Crippen LogP contribution in [0.2, 0.25) is 0 Å². The smallest absolute Gasteiger partial charge is 0.225 e. The lowest BCUT2D eigenvalue weighted by Gasteiger charge is -2.59. The molecule has 1 N–H and O–H groups in total. The number of nitrogens with zero attached hydrogens (tertiary/aromatic N) is 2. The molecule has 1 aromatic heterocycles. The topological polar surface area (TPSA) is 39.3 Å². The van der Waals surface area contributed by atoms with Crippen molar-refractivity contribution in [2.24, 2.45) is 5.41 Å². The van der Waals surface area contributed by atoms with Crippen molar-refractivity contribution in [2.75, 3.05) is 19.6 Å². The van der Waals surface area contributed by atoms with Gasteiger partial charge in [-0.25, -0.2) is 0 Å². The Bertz CT molecular complexity index is 936. The Balaban J connectivity index is 1.86. The van der Waals surface area contributed by atoms with Crippen molar-refractivity contribution in [1.82, 2.24) is 14.8 Å². The molecule has 136 valence electrons. The van der Waals surface area contributed by atoms with E-state index in [4.69, 9.17) is 6.42 Å². The third-order valence-electron chi connectivity index (χ3n) is 7.41. The molecule has 0 radical (unpaired) electrons. The molecular formula is C22H27N3O. The lowest BCUT2D eigenvalue weighted by Crippen LogP contribution is -2.67. The fourth-order valence-electron chi connectivity index (χ4n) is 6.42. The third-order valence-corrected chi connectivity index (χ3v) is 7.41. The largest absolute Gasteiger partial charge is 0.355 e. The summed E-state index contributed by atoms with van der Waals surface area (Å²) in [6.45, 7) is 4.72. The van der Waals surface area contributed by atoms with Crippen LogP contribution in [0.4, 0.5) is 0 Å². The Morgan fingerprint density at radius 1 is 1.31 bits per heavy atom. The van der Waals surface area contributed by atoms with E-state index in [2.05, 4.69) is 34.9 Å². The van der Waals surface area contributed by atoms with Crippen molar-refractivity contribution >= 4 is 18.1 Å². The van der Waals surface area contributed by atoms with E-state index in [0.29, 0.717) is 13.0 Å². The second-order valence-corrected chi connectivity index (χ2v) is 8.30. The summed E-state index contributed by atoms with van der Waals surface area (Å²) in [5.41, 5.74) is 2.28. The van der Waals surface area contributed by atoms with Gasteiger partial charge in [0.05, 0.1) is 12.2 Å². The second-order valence-electron chi connectivity index (χ2n) is 8.30. The molecular weight excluding hydrogens is 322 g/mol. The number of aromatic amines is 1. The minimum absolute atomic E-state index is 0.0399. The Morgan fingerprint density at radius 3 is 2.96 bits per heavy atom. The van der Waals surface area contributed by atoms with Gasteiger partial charge in [-0.15, -0.1) is 6.42 Å². The van der Waals surface area contributed by atoms with Gasteiger partial charge in [-0.3, -0.25) is 9.69 Å². The van der Waals surface area contributed by atoms with E-state index < -0.39 is 0 Å². The maximum Gasteiger partial charge on any atom is 0.225 e. The van der Waals surface area contributed by atoms with Crippen LogP contribution in [0.25, 0.3) is 12.2 Å². The minimum atomic E-state index is -0.379. The molecule has 5 rings (SSSR count). The number of nitrogens with one attached hydrogen (secondary N) is 1. The maximum atomic E-state index is 13.2. The van der Waals surface area contributed by atoms with Crippen molar-refractivity contribution in [1.29, 1.82) is 0 Å². The molecule has 4 heteroatoms. The Morgan fingerprint density at radius 2 is 2.15 bits per heavy atom. The van der Waals surface area contributed by atoms with Gasteiger partial charge in [-0.1, -0.05) is 25.0 Å². The molecule has 0 saturated carbocycles. The third kappa shape index (κ3) is 1.73. The molecule has 1 spiro atoms. The molecule has 4 aliphatic rings. The van der Waals surface area contributed by atoms with Crippen LogP contribution >= 0.6 is 0 Å². The normalized spacial score (nSPS) is 32.6. The van der Waals surface area contributed by atoms with Crippen LogP contribution in [0.15, 0.2) is 0 Å². The highest BCUT2D eigenvalue weighted by Gasteiger charge is 2.68. The van der Waals surface area contributed by atoms with Crippen molar-refractivity contribution < 1.29 is 4.79 Å². The summed E-state index contributed by atoms with van der Waals surface area (Å²) in [5.74, 6) is 3.01. The number of aromatic nitrogens is 1. The quantitative estimate of drug-likeness (QED) is 0.821. The average Bonchev–Trinajstić information content (AvgIpc) is 3.16. The lowest BCUT2D eigenvalue weighted by molar-refractivity contribution is -0.160. The van der Waals surface area contributed by atoms with E-state index in [-0.39, 0.29) is 17.0 Å². The first kappa shape index (κ1) is 16.2. The lowest BCUT2D eigenvalue weighted by atomic mass is 9.63. The van der Waals surface area contributed by atoms with Crippen LogP contribution in [-0.2, 0) is 16.9 Å². The fraction of sp³-hybridized carbons (Fsp3) is 0.591. The van der Waals surface area contributed by atoms with E-state index in [1.807, 2.05) is 4.90 Å². The molecule has 26 heavy (non-hydrogen) atoms. The Hall–Kier alpha value is -1.99. The van der Waals surface area contributed by atoms with E-state index in [9.17, 15) is 4.79 Å². The molecule has 1 amide bonds. The summed E-state index contributed by atoms with van der Waals surface area (Å²) < 4.78 is 0. The Labute approximate surface area is 154 Å². The van der Waals surface area contributed by atoms with Gasteiger partial charge in [-0.2, -0.15) is 0 Å². The van der Waals surface area contributed by atoms with E-state index >= 15 is 0 Å². The standard InChI is InChI=1S/C22H27N3O/c1-3-12-25-19(26)15-21(4-2)11-7-13-24-14-10-17-16-8-5-6-9-18(16)23-20(17)22(21,24)25/h1,8-9,23H,4-7,10-15H2,2H3/t21-,22+/m0/s1. The van der Waals surface area contributed by atoms with Crippen molar-refractivity contribution in [3.8, 4) is 12.3 Å². The van der Waals surface area contributed by atoms with Crippen molar-refractivity contribution in [3.63, 3.8) is 0 Å². The number of amides is 1. The van der Waals surface area contributed by atoms with Crippen LogP contribution in [0.5, 0.6) is 0 Å². The number of carbonyl (C=O) groups excluding carboxylic acids is 1. The van der Waals surface area contributed by atoms with E-state index in [1.54, 1.807) is 0 Å². The zero-order chi connectivity index (χ0) is 17.9. The number of H-pyrrole nitrogens is 1. The summed E-state index contributed by atoms with van der Waals surface area (Å²) in [6, 6.07) is 0. The molecule has 2 saturated heterocycles. The first-order chi connectivity index (χ1) is 12.7. The molecule has 0 aromatic carbocycles. The first-order valence-corrected chi connectivity index (χ1v) is 10.1. The molecule has 1 aromatic rings. The number of terminal acetylenes is 1. The molecule has 1 aliphatic carbocycles. The highest BCUT2D eigenvalue weighted by molar-refractivity contribution is 5.82. The number of hydrogen-bond acceptors (Lipinski definition) is 2. The fourth-order valence-corrected chi connectivity index (χ4v) is 6.42. The summed E-state index contributed by atoms with van der Waals surface area (Å²) in [6.07, 6.45) is 17.6. The summed E-state index contributed by atoms with van der Waals surface area (Å²) in [7, 11) is 0. The number of rotatable bonds is 2. The van der Waals surface area contributed by atoms with E-state index in [0.717, 1.165) is 45.2 Å². The Kier molecular flexibility index (Phi) is 3.43. The van der Waals surface area contributed by atoms with Crippen LogP contribution in [-0.4, -0.2) is 40.3 Å². The monoisotopic (exact) mass is 349 g/mol. The van der Waals surface area contributed by atoms with Gasteiger partial charge in [0.15, 0.2) is 0 Å². The molecule has 2 atom stereocenters. The van der Waals surface area contributed by atoms with Gasteiger partial charge in [0.1, 0.15) is 5.66 Å². The van der Waals surface area contributed by atoms with Gasteiger partial charge in [0.25, 0.3) is 0 Å². The SMILES string of the molecule is C#CCN1C(=O)C[C@]2(CC)CCCN3CCc4c([nH]c5c4=CCCC=5)[C@@]312. The van der Waals surface area contributed by atoms with Gasteiger partial charge in [0, 0.05) is 30.3 Å². The molecule has 4 heterocycles. The predicted octanol–water partition coefficient (Wildman–Crippen LogP) is 1.44. The van der Waals surface area contributed by atoms with Crippen molar-refractivity contribution in [3.05, 3.63) is 21.8 Å².